The van der Waals surface area contributed by atoms with Crippen molar-refractivity contribution in [1.82, 2.24) is 9.80 Å². The number of rotatable bonds is 9. The zero-order chi connectivity index (χ0) is 28.7. The Kier molecular flexibility index (Phi) is 9.48. The number of ether oxygens (including phenoxy) is 2. The van der Waals surface area contributed by atoms with E-state index in [1.807, 2.05) is 75.2 Å². The molecule has 1 aliphatic rings. The van der Waals surface area contributed by atoms with Gasteiger partial charge in [0, 0.05) is 46.0 Å². The molecule has 1 heterocycles. The van der Waals surface area contributed by atoms with Gasteiger partial charge in [0.1, 0.15) is 5.60 Å². The molecular weight excluding hydrogens is 502 g/mol. The number of para-hydroxylation sites is 1. The van der Waals surface area contributed by atoms with Crippen molar-refractivity contribution in [2.45, 2.75) is 52.0 Å². The molecule has 1 unspecified atom stereocenters. The summed E-state index contributed by atoms with van der Waals surface area (Å²) in [5.41, 5.74) is 4.40. The van der Waals surface area contributed by atoms with Crippen LogP contribution in [-0.4, -0.2) is 61.1 Å². The van der Waals surface area contributed by atoms with Crippen LogP contribution < -0.4 is 4.90 Å². The quantitative estimate of drug-likeness (QED) is 0.317. The second-order valence-electron chi connectivity index (χ2n) is 11.4. The SMILES string of the molecule is CN(CCC(OCc1ccc(CN2CCN(C)c3ccccc3C2=O)cc1)c1ccccc1)C(=O)OC(C)(C)C. The molecule has 0 bridgehead atoms. The largest absolute Gasteiger partial charge is 0.444 e. The molecule has 0 fully saturated rings. The summed E-state index contributed by atoms with van der Waals surface area (Å²) in [6.45, 7) is 8.57. The highest BCUT2D eigenvalue weighted by molar-refractivity contribution is 6.00. The number of hydrogen-bond donors (Lipinski definition) is 0. The second kappa shape index (κ2) is 13.0. The Balaban J connectivity index is 1.36. The lowest BCUT2D eigenvalue weighted by Crippen LogP contribution is -2.35. The van der Waals surface area contributed by atoms with E-state index in [2.05, 4.69) is 41.3 Å². The van der Waals surface area contributed by atoms with E-state index in [0.29, 0.717) is 32.7 Å². The second-order valence-corrected chi connectivity index (χ2v) is 11.4. The molecule has 1 atom stereocenters. The van der Waals surface area contributed by atoms with Gasteiger partial charge in [0.25, 0.3) is 5.91 Å². The van der Waals surface area contributed by atoms with Crippen molar-refractivity contribution in [3.8, 4) is 0 Å². The van der Waals surface area contributed by atoms with Crippen molar-refractivity contribution in [2.24, 2.45) is 0 Å². The Morgan fingerprint density at radius 3 is 2.27 bits per heavy atom. The average Bonchev–Trinajstić information content (AvgIpc) is 3.05. The van der Waals surface area contributed by atoms with Crippen LogP contribution in [0.3, 0.4) is 0 Å². The molecule has 0 radical (unpaired) electrons. The topological polar surface area (TPSA) is 62.3 Å². The van der Waals surface area contributed by atoms with Crippen LogP contribution in [0.1, 0.15) is 60.3 Å². The van der Waals surface area contributed by atoms with Gasteiger partial charge in [-0.15, -0.1) is 0 Å². The van der Waals surface area contributed by atoms with Gasteiger partial charge in [0.15, 0.2) is 0 Å². The zero-order valence-electron chi connectivity index (χ0n) is 24.3. The molecule has 7 heteroatoms. The number of nitrogens with zero attached hydrogens (tertiary/aromatic N) is 3. The number of amides is 2. The number of fused-ring (bicyclic) bond motifs is 1. The van der Waals surface area contributed by atoms with E-state index in [1.54, 1.807) is 11.9 Å². The van der Waals surface area contributed by atoms with Gasteiger partial charge in [0.05, 0.1) is 18.3 Å². The maximum absolute atomic E-state index is 13.2. The average molecular weight is 544 g/mol. The minimum atomic E-state index is -0.534. The minimum Gasteiger partial charge on any atom is -0.444 e. The van der Waals surface area contributed by atoms with Crippen LogP contribution in [0, 0.1) is 0 Å². The summed E-state index contributed by atoms with van der Waals surface area (Å²) in [6, 6.07) is 26.1. The Morgan fingerprint density at radius 2 is 1.57 bits per heavy atom. The third kappa shape index (κ3) is 7.85. The third-order valence-electron chi connectivity index (χ3n) is 6.99. The Hall–Kier alpha value is -3.84. The Labute approximate surface area is 238 Å². The Bertz CT molecular complexity index is 1270. The van der Waals surface area contributed by atoms with Crippen LogP contribution in [0.2, 0.25) is 0 Å². The van der Waals surface area contributed by atoms with Crippen molar-refractivity contribution in [3.63, 3.8) is 0 Å². The molecule has 212 valence electrons. The van der Waals surface area contributed by atoms with E-state index in [-0.39, 0.29) is 18.1 Å². The van der Waals surface area contributed by atoms with Gasteiger partial charge in [-0.25, -0.2) is 4.79 Å². The van der Waals surface area contributed by atoms with Crippen LogP contribution in [0.5, 0.6) is 0 Å². The molecule has 0 aliphatic carbocycles. The highest BCUT2D eigenvalue weighted by atomic mass is 16.6. The first-order chi connectivity index (χ1) is 19.1. The molecule has 4 rings (SSSR count). The lowest BCUT2D eigenvalue weighted by atomic mass is 10.1. The summed E-state index contributed by atoms with van der Waals surface area (Å²) in [5, 5.41) is 0. The third-order valence-corrected chi connectivity index (χ3v) is 6.99. The summed E-state index contributed by atoms with van der Waals surface area (Å²) in [4.78, 5) is 31.3. The number of likely N-dealkylation sites (N-methyl/N-ethyl adjacent to an activating group) is 1. The standard InChI is InChI=1S/C33H41N3O4/c1-33(2,3)40-32(38)35(5)20-19-30(27-11-7-6-8-12-27)39-24-26-17-15-25(16-18-26)23-36-22-21-34(4)29-14-10-9-13-28(29)31(36)37/h6-18,30H,19-24H2,1-5H3. The van der Waals surface area contributed by atoms with Gasteiger partial charge < -0.3 is 24.2 Å². The number of hydrogen-bond acceptors (Lipinski definition) is 5. The van der Waals surface area contributed by atoms with E-state index >= 15 is 0 Å². The molecule has 1 aliphatic heterocycles. The van der Waals surface area contributed by atoms with E-state index in [9.17, 15) is 9.59 Å². The van der Waals surface area contributed by atoms with Crippen molar-refractivity contribution in [2.75, 3.05) is 38.6 Å². The smallest absolute Gasteiger partial charge is 0.410 e. The maximum atomic E-state index is 13.2. The van der Waals surface area contributed by atoms with Gasteiger partial charge in [-0.05, 0) is 56.0 Å². The number of anilines is 1. The molecule has 0 spiro atoms. The molecule has 0 saturated heterocycles. The van der Waals surface area contributed by atoms with E-state index in [4.69, 9.17) is 9.47 Å². The fourth-order valence-corrected chi connectivity index (χ4v) is 4.72. The minimum absolute atomic E-state index is 0.0643. The summed E-state index contributed by atoms with van der Waals surface area (Å²) in [5.74, 6) is 0.0643. The van der Waals surface area contributed by atoms with Crippen LogP contribution in [0.4, 0.5) is 10.5 Å². The molecule has 7 nitrogen and oxygen atoms in total. The molecule has 0 N–H and O–H groups in total. The first-order valence-corrected chi connectivity index (χ1v) is 13.9. The van der Waals surface area contributed by atoms with Gasteiger partial charge in [0.2, 0.25) is 0 Å². The summed E-state index contributed by atoms with van der Waals surface area (Å²) in [7, 11) is 3.78. The van der Waals surface area contributed by atoms with E-state index in [1.165, 1.54) is 0 Å². The van der Waals surface area contributed by atoms with Gasteiger partial charge in [-0.2, -0.15) is 0 Å². The van der Waals surface area contributed by atoms with E-state index < -0.39 is 5.60 Å². The highest BCUT2D eigenvalue weighted by Crippen LogP contribution is 2.26. The lowest BCUT2D eigenvalue weighted by Gasteiger charge is -2.26. The van der Waals surface area contributed by atoms with Crippen LogP contribution in [0.25, 0.3) is 0 Å². The summed E-state index contributed by atoms with van der Waals surface area (Å²) < 4.78 is 11.9. The number of carbonyl (C=O) groups excluding carboxylic acids is 2. The van der Waals surface area contributed by atoms with Crippen LogP contribution >= 0.6 is 0 Å². The molecule has 3 aromatic rings. The van der Waals surface area contributed by atoms with Crippen LogP contribution in [-0.2, 0) is 22.6 Å². The zero-order valence-corrected chi connectivity index (χ0v) is 24.3. The predicted octanol–water partition coefficient (Wildman–Crippen LogP) is 6.29. The van der Waals surface area contributed by atoms with Crippen molar-refractivity contribution >= 4 is 17.7 Å². The van der Waals surface area contributed by atoms with Crippen molar-refractivity contribution in [3.05, 3.63) is 101 Å². The van der Waals surface area contributed by atoms with Crippen molar-refractivity contribution < 1.29 is 19.1 Å². The molecule has 3 aromatic carbocycles. The number of benzene rings is 3. The Morgan fingerprint density at radius 1 is 0.925 bits per heavy atom. The monoisotopic (exact) mass is 543 g/mol. The molecular formula is C33H41N3O4. The fraction of sp³-hybridized carbons (Fsp3) is 0.394. The normalized spacial score (nSPS) is 14.4. The lowest BCUT2D eigenvalue weighted by molar-refractivity contribution is 0.0137. The molecule has 2 amide bonds. The molecule has 0 aromatic heterocycles. The summed E-state index contributed by atoms with van der Waals surface area (Å²) >= 11 is 0. The first-order valence-electron chi connectivity index (χ1n) is 13.9. The predicted molar refractivity (Wildman–Crippen MR) is 158 cm³/mol. The van der Waals surface area contributed by atoms with Gasteiger partial charge in [-0.1, -0.05) is 66.7 Å². The molecule has 40 heavy (non-hydrogen) atoms. The highest BCUT2D eigenvalue weighted by Gasteiger charge is 2.25. The van der Waals surface area contributed by atoms with E-state index in [0.717, 1.165) is 34.5 Å². The van der Waals surface area contributed by atoms with Crippen LogP contribution in [0.15, 0.2) is 78.9 Å². The van der Waals surface area contributed by atoms with Gasteiger partial charge in [-0.3, -0.25) is 4.79 Å². The molecule has 0 saturated carbocycles. The van der Waals surface area contributed by atoms with Crippen molar-refractivity contribution in [1.29, 1.82) is 0 Å². The number of carbonyl (C=O) groups is 2. The first kappa shape index (κ1) is 29.2. The summed E-state index contributed by atoms with van der Waals surface area (Å²) in [6.07, 6.45) is 0.135. The maximum Gasteiger partial charge on any atom is 0.410 e. The van der Waals surface area contributed by atoms with Gasteiger partial charge >= 0.3 is 6.09 Å². The fourth-order valence-electron chi connectivity index (χ4n) is 4.72.